The fourth-order valence-corrected chi connectivity index (χ4v) is 9.18. The average Bonchev–Trinajstić information content (AvgIpc) is 3.59. The Morgan fingerprint density at radius 3 is 2.59 bits per heavy atom. The lowest BCUT2D eigenvalue weighted by Gasteiger charge is -2.61. The van der Waals surface area contributed by atoms with E-state index in [1.807, 2.05) is 19.1 Å². The molecule has 3 aliphatic carbocycles. The van der Waals surface area contributed by atoms with E-state index in [2.05, 4.69) is 37.6 Å². The van der Waals surface area contributed by atoms with Gasteiger partial charge in [0.05, 0.1) is 12.0 Å². The number of amides is 2. The third-order valence-corrected chi connectivity index (χ3v) is 11.6. The number of aliphatic hydroxyl groups excluding tert-OH is 1. The van der Waals surface area contributed by atoms with Gasteiger partial charge in [0.25, 0.3) is 0 Å². The molecular formula is C30H44N2O5. The normalized spacial score (nSPS) is 48.8. The van der Waals surface area contributed by atoms with Gasteiger partial charge in [-0.3, -0.25) is 14.9 Å². The standard InChI is InChI=1S/C30H44N2O5/c1-6-7-11-28(4)15-23(37-27(36)31-26(35)21-17-32-14-10-20(21)16-32)29(5)18(2)8-12-30(19(3)25(28)34)13-9-22(33)24(29)30/h6-7,11,18-21,23-25,34H,1,8-10,12-17H2,2-5H3,(H,31,35,36)/t18-,19+,20-,21+,23-,24?,25+,28-,29+,30?/m1/s1. The number of hydrogen-bond donors (Lipinski definition) is 2. The summed E-state index contributed by atoms with van der Waals surface area (Å²) in [6.07, 6.45) is 7.84. The van der Waals surface area contributed by atoms with Crippen molar-refractivity contribution in [2.45, 2.75) is 78.4 Å². The van der Waals surface area contributed by atoms with E-state index >= 15 is 0 Å². The number of carbonyl (C=O) groups excluding carboxylic acids is 3. The summed E-state index contributed by atoms with van der Waals surface area (Å²) in [7, 11) is 0. The monoisotopic (exact) mass is 512 g/mol. The van der Waals surface area contributed by atoms with Crippen LogP contribution in [0.5, 0.6) is 0 Å². The maximum atomic E-state index is 13.6. The molecule has 0 aromatic rings. The molecule has 2 N–H and O–H groups in total. The summed E-state index contributed by atoms with van der Waals surface area (Å²) in [6, 6.07) is 0. The molecule has 7 heteroatoms. The Morgan fingerprint density at radius 1 is 1.19 bits per heavy atom. The number of Topliss-reactive ketones (excluding diaryl/α,β-unsaturated/α-hetero) is 1. The molecule has 5 rings (SSSR count). The molecule has 204 valence electrons. The first-order valence-electron chi connectivity index (χ1n) is 14.2. The van der Waals surface area contributed by atoms with Crippen LogP contribution < -0.4 is 5.32 Å². The number of alkyl carbamates (subject to hydrolysis) is 1. The highest BCUT2D eigenvalue weighted by Gasteiger charge is 2.68. The number of allylic oxidation sites excluding steroid dienone is 2. The molecule has 0 aromatic carbocycles. The van der Waals surface area contributed by atoms with Gasteiger partial charge in [0.1, 0.15) is 11.9 Å². The first-order chi connectivity index (χ1) is 17.5. The number of hydrogen-bond acceptors (Lipinski definition) is 6. The maximum absolute atomic E-state index is 13.6. The van der Waals surface area contributed by atoms with Crippen LogP contribution in [-0.2, 0) is 14.3 Å². The number of fused-ring (bicyclic) bond motifs is 2. The van der Waals surface area contributed by atoms with Crippen molar-refractivity contribution < 1.29 is 24.2 Å². The van der Waals surface area contributed by atoms with Crippen LogP contribution in [0.4, 0.5) is 4.79 Å². The summed E-state index contributed by atoms with van der Waals surface area (Å²) in [5, 5.41) is 14.4. The third kappa shape index (κ3) is 4.03. The van der Waals surface area contributed by atoms with Crippen molar-refractivity contribution in [2.24, 2.45) is 45.8 Å². The van der Waals surface area contributed by atoms with Crippen LogP contribution in [0, 0.1) is 45.8 Å². The molecule has 5 fully saturated rings. The summed E-state index contributed by atoms with van der Waals surface area (Å²) in [6.45, 7) is 14.8. The Labute approximate surface area is 221 Å². The second-order valence-corrected chi connectivity index (χ2v) is 13.3. The number of ether oxygens (including phenoxy) is 1. The SMILES string of the molecule is C=CC=C[C@]1(C)C[C@@H](OC(=O)NC(=O)[C@H]2CN3CC[C@@H]2C3)[C@@]2(C)C3C(=O)CCC3(CC[C@H]2C)[C@@H](C)[C@@H]1O. The van der Waals surface area contributed by atoms with E-state index in [9.17, 15) is 19.5 Å². The highest BCUT2D eigenvalue weighted by atomic mass is 16.6. The van der Waals surface area contributed by atoms with Crippen LogP contribution in [0.1, 0.15) is 66.2 Å². The largest absolute Gasteiger partial charge is 0.445 e. The lowest BCUT2D eigenvalue weighted by molar-refractivity contribution is -0.191. The molecule has 0 aromatic heterocycles. The second-order valence-electron chi connectivity index (χ2n) is 13.3. The molecule has 11 atom stereocenters. The smallest absolute Gasteiger partial charge is 0.414 e. The van der Waals surface area contributed by atoms with Crippen LogP contribution in [0.2, 0.25) is 0 Å². The average molecular weight is 513 g/mol. The summed E-state index contributed by atoms with van der Waals surface area (Å²) >= 11 is 0. The van der Waals surface area contributed by atoms with Gasteiger partial charge < -0.3 is 14.7 Å². The summed E-state index contributed by atoms with van der Waals surface area (Å²) < 4.78 is 6.20. The van der Waals surface area contributed by atoms with E-state index in [0.717, 1.165) is 38.8 Å². The summed E-state index contributed by atoms with van der Waals surface area (Å²) in [5.74, 6) is -0.151. The summed E-state index contributed by atoms with van der Waals surface area (Å²) in [4.78, 5) is 42.1. The van der Waals surface area contributed by atoms with E-state index < -0.39 is 29.1 Å². The molecule has 3 unspecified atom stereocenters. The van der Waals surface area contributed by atoms with E-state index in [1.165, 1.54) is 0 Å². The molecule has 2 aliphatic heterocycles. The zero-order chi connectivity index (χ0) is 26.8. The minimum absolute atomic E-state index is 0.0839. The molecule has 2 saturated heterocycles. The third-order valence-electron chi connectivity index (χ3n) is 11.6. The Morgan fingerprint density at radius 2 is 1.95 bits per heavy atom. The number of rotatable bonds is 4. The predicted octanol–water partition coefficient (Wildman–Crippen LogP) is 4.11. The van der Waals surface area contributed by atoms with Gasteiger partial charge in [-0.05, 0) is 61.8 Å². The van der Waals surface area contributed by atoms with E-state index in [0.29, 0.717) is 25.3 Å². The van der Waals surface area contributed by atoms with Gasteiger partial charge in [0, 0.05) is 36.3 Å². The molecule has 0 spiro atoms. The molecule has 3 saturated carbocycles. The molecule has 5 aliphatic rings. The molecule has 0 radical (unpaired) electrons. The van der Waals surface area contributed by atoms with Gasteiger partial charge in [-0.15, -0.1) is 0 Å². The quantitative estimate of drug-likeness (QED) is 0.551. The van der Waals surface area contributed by atoms with Crippen LogP contribution in [0.3, 0.4) is 0 Å². The fourth-order valence-electron chi connectivity index (χ4n) is 9.18. The van der Waals surface area contributed by atoms with E-state index in [1.54, 1.807) is 6.08 Å². The van der Waals surface area contributed by atoms with Crippen molar-refractivity contribution in [2.75, 3.05) is 19.6 Å². The molecule has 4 bridgehead atoms. The van der Waals surface area contributed by atoms with Crippen molar-refractivity contribution in [3.05, 3.63) is 24.8 Å². The predicted molar refractivity (Wildman–Crippen MR) is 140 cm³/mol. The number of nitrogens with zero attached hydrogens (tertiary/aromatic N) is 1. The van der Waals surface area contributed by atoms with Crippen LogP contribution in [0.25, 0.3) is 0 Å². The number of aliphatic hydroxyl groups is 1. The highest BCUT2D eigenvalue weighted by Crippen LogP contribution is 2.68. The van der Waals surface area contributed by atoms with Gasteiger partial charge in [-0.1, -0.05) is 52.5 Å². The Hall–Kier alpha value is -1.99. The van der Waals surface area contributed by atoms with Gasteiger partial charge in [0.2, 0.25) is 5.91 Å². The van der Waals surface area contributed by atoms with Crippen molar-refractivity contribution in [3.63, 3.8) is 0 Å². The highest BCUT2D eigenvalue weighted by molar-refractivity contribution is 5.93. The Kier molecular flexibility index (Phi) is 6.71. The van der Waals surface area contributed by atoms with Crippen molar-refractivity contribution in [1.29, 1.82) is 0 Å². The van der Waals surface area contributed by atoms with Gasteiger partial charge in [0.15, 0.2) is 0 Å². The summed E-state index contributed by atoms with van der Waals surface area (Å²) in [5.41, 5.74) is -1.61. The molecule has 2 amide bonds. The minimum atomic E-state index is -0.735. The van der Waals surface area contributed by atoms with Crippen molar-refractivity contribution in [1.82, 2.24) is 10.2 Å². The van der Waals surface area contributed by atoms with Gasteiger partial charge >= 0.3 is 6.09 Å². The second kappa shape index (κ2) is 9.33. The Balaban J connectivity index is 1.48. The van der Waals surface area contributed by atoms with Crippen molar-refractivity contribution >= 4 is 17.8 Å². The number of imide groups is 1. The zero-order valence-electron chi connectivity index (χ0n) is 22.9. The first-order valence-corrected chi connectivity index (χ1v) is 14.2. The first kappa shape index (κ1) is 26.6. The maximum Gasteiger partial charge on any atom is 0.414 e. The van der Waals surface area contributed by atoms with E-state index in [4.69, 9.17) is 4.74 Å². The Bertz CT molecular complexity index is 1010. The molecule has 2 heterocycles. The van der Waals surface area contributed by atoms with Crippen LogP contribution in [0.15, 0.2) is 24.8 Å². The lowest BCUT2D eigenvalue weighted by atomic mass is 9.44. The zero-order valence-corrected chi connectivity index (χ0v) is 22.9. The number of ketones is 1. The van der Waals surface area contributed by atoms with Crippen molar-refractivity contribution in [3.8, 4) is 0 Å². The van der Waals surface area contributed by atoms with Crippen LogP contribution in [-0.4, -0.2) is 59.6 Å². The lowest BCUT2D eigenvalue weighted by Crippen LogP contribution is -2.63. The minimum Gasteiger partial charge on any atom is -0.445 e. The van der Waals surface area contributed by atoms with Crippen LogP contribution >= 0.6 is 0 Å². The number of piperidine rings is 1. The fraction of sp³-hybridized carbons (Fsp3) is 0.767. The molecular weight excluding hydrogens is 468 g/mol. The topological polar surface area (TPSA) is 95.9 Å². The molecule has 7 nitrogen and oxygen atoms in total. The molecule has 37 heavy (non-hydrogen) atoms. The number of nitrogens with one attached hydrogen (secondary N) is 1. The van der Waals surface area contributed by atoms with E-state index in [-0.39, 0.29) is 40.8 Å². The van der Waals surface area contributed by atoms with Gasteiger partial charge in [-0.25, -0.2) is 4.79 Å². The van der Waals surface area contributed by atoms with Gasteiger partial charge in [-0.2, -0.15) is 0 Å². The number of carbonyl (C=O) groups is 3.